The molecule has 1 unspecified atom stereocenters. The Hall–Kier alpha value is -2.59. The van der Waals surface area contributed by atoms with Gasteiger partial charge in [-0.2, -0.15) is 15.3 Å². The molecule has 13 heteroatoms. The van der Waals surface area contributed by atoms with Gasteiger partial charge >= 0.3 is 0 Å². The van der Waals surface area contributed by atoms with Crippen LogP contribution < -0.4 is 4.74 Å². The number of pyridine rings is 1. The van der Waals surface area contributed by atoms with E-state index in [1.807, 2.05) is 35.6 Å². The van der Waals surface area contributed by atoms with Gasteiger partial charge in [0.1, 0.15) is 6.10 Å². The summed E-state index contributed by atoms with van der Waals surface area (Å²) >= 11 is 2.44. The van der Waals surface area contributed by atoms with Crippen LogP contribution in [-0.2, 0) is 22.8 Å². The Kier molecular flexibility index (Phi) is 11.2. The number of hydrogen-bond acceptors (Lipinski definition) is 8. The second-order valence-electron chi connectivity index (χ2n) is 16.1. The standard InChI is InChI=1S/C38H57IN8O3Si/c1-12-31-29-19-32(41-27(5)36(29)47(43-31)34-15-13-14-18-48-34)35-26(4)42-44(9)37(35)50-25(3)21-45(28-16-17-28)22-33-30(39)20-40-46(33)24(2)23-49-51(10,11)38(6,7)8/h12,19-20,24-25,28,34H,1,13-18,21-23H2,2-11H3/t24-,25-,34?/m0/s1. The number of nitrogens with zero attached hydrogens (tertiary/aromatic N) is 8. The molecule has 0 N–H and O–H groups in total. The van der Waals surface area contributed by atoms with Crippen molar-refractivity contribution in [1.29, 1.82) is 0 Å². The molecule has 0 radical (unpaired) electrons. The van der Waals surface area contributed by atoms with Gasteiger partial charge in [-0.15, -0.1) is 0 Å². The number of ether oxygens (including phenoxy) is 2. The Labute approximate surface area is 318 Å². The van der Waals surface area contributed by atoms with E-state index in [-0.39, 0.29) is 23.4 Å². The molecule has 3 atom stereocenters. The van der Waals surface area contributed by atoms with Crippen LogP contribution in [0.5, 0.6) is 5.88 Å². The minimum Gasteiger partial charge on any atom is -0.473 e. The van der Waals surface area contributed by atoms with Crippen molar-refractivity contribution in [3.63, 3.8) is 0 Å². The van der Waals surface area contributed by atoms with E-state index < -0.39 is 8.32 Å². The third kappa shape index (κ3) is 8.02. The van der Waals surface area contributed by atoms with Crippen LogP contribution in [0, 0.1) is 17.4 Å². The van der Waals surface area contributed by atoms with Crippen LogP contribution in [0.1, 0.15) is 102 Å². The van der Waals surface area contributed by atoms with Crippen molar-refractivity contribution in [2.75, 3.05) is 19.8 Å². The molecule has 6 rings (SSSR count). The van der Waals surface area contributed by atoms with Crippen LogP contribution >= 0.6 is 22.6 Å². The molecule has 0 spiro atoms. The van der Waals surface area contributed by atoms with E-state index in [9.17, 15) is 0 Å². The molecule has 278 valence electrons. The number of hydrogen-bond donors (Lipinski definition) is 0. The molecule has 1 aliphatic carbocycles. The Bertz CT molecular complexity index is 1860. The Morgan fingerprint density at radius 3 is 2.53 bits per heavy atom. The highest BCUT2D eigenvalue weighted by Gasteiger charge is 2.38. The van der Waals surface area contributed by atoms with E-state index in [4.69, 9.17) is 34.2 Å². The molecule has 5 heterocycles. The Balaban J connectivity index is 1.22. The summed E-state index contributed by atoms with van der Waals surface area (Å²) in [6, 6.07) is 2.79. The lowest BCUT2D eigenvalue weighted by atomic mass is 10.1. The van der Waals surface area contributed by atoms with Crippen LogP contribution in [0.2, 0.25) is 18.1 Å². The molecule has 0 amide bonds. The molecule has 0 aromatic carbocycles. The van der Waals surface area contributed by atoms with E-state index in [1.54, 1.807) is 0 Å². The minimum atomic E-state index is -1.87. The van der Waals surface area contributed by atoms with Crippen molar-refractivity contribution >= 4 is 47.9 Å². The van der Waals surface area contributed by atoms with Gasteiger partial charge in [-0.25, -0.2) is 9.36 Å². The summed E-state index contributed by atoms with van der Waals surface area (Å²) in [5.74, 6) is 0.723. The second kappa shape index (κ2) is 15.0. The maximum atomic E-state index is 6.82. The number of aromatic nitrogens is 7. The van der Waals surface area contributed by atoms with Gasteiger partial charge in [0, 0.05) is 38.2 Å². The zero-order valence-electron chi connectivity index (χ0n) is 32.3. The van der Waals surface area contributed by atoms with Crippen LogP contribution in [0.4, 0.5) is 0 Å². The molecule has 1 saturated heterocycles. The largest absolute Gasteiger partial charge is 0.473 e. The zero-order chi connectivity index (χ0) is 36.8. The van der Waals surface area contributed by atoms with Crippen LogP contribution in [-0.4, -0.2) is 79.4 Å². The average molecular weight is 829 g/mol. The monoisotopic (exact) mass is 828 g/mol. The van der Waals surface area contributed by atoms with Gasteiger partial charge in [0.2, 0.25) is 5.88 Å². The first-order valence-electron chi connectivity index (χ1n) is 18.5. The first-order chi connectivity index (χ1) is 24.1. The third-order valence-corrected chi connectivity index (χ3v) is 16.3. The summed E-state index contributed by atoms with van der Waals surface area (Å²) in [6.45, 7) is 27.0. The normalized spacial score (nSPS) is 18.5. The SMILES string of the molecule is C=Cc1nn(C2CCCCO2)c2c(C)nc(-c3c(C)nn(C)c3O[C@@H](C)CN(Cc3c(I)cnn3[C@@H](C)CO[Si](C)(C)C(C)(C)C)C3CC3)cc12. The highest BCUT2D eigenvalue weighted by molar-refractivity contribution is 14.1. The second-order valence-corrected chi connectivity index (χ2v) is 22.1. The smallest absolute Gasteiger partial charge is 0.221 e. The molecule has 11 nitrogen and oxygen atoms in total. The fourth-order valence-corrected chi connectivity index (χ4v) is 8.52. The Morgan fingerprint density at radius 2 is 1.88 bits per heavy atom. The van der Waals surface area contributed by atoms with Crippen molar-refractivity contribution in [3.8, 4) is 17.1 Å². The molecule has 0 bridgehead atoms. The molecule has 1 saturated carbocycles. The van der Waals surface area contributed by atoms with Crippen molar-refractivity contribution in [1.82, 2.24) is 39.2 Å². The Morgan fingerprint density at radius 1 is 1.14 bits per heavy atom. The van der Waals surface area contributed by atoms with Crippen LogP contribution in [0.15, 0.2) is 18.8 Å². The van der Waals surface area contributed by atoms with Crippen molar-refractivity contribution in [2.45, 2.75) is 130 Å². The summed E-state index contributed by atoms with van der Waals surface area (Å²) in [6.07, 6.45) is 9.19. The highest BCUT2D eigenvalue weighted by Crippen LogP contribution is 2.39. The predicted molar refractivity (Wildman–Crippen MR) is 214 cm³/mol. The number of aryl methyl sites for hydroxylation is 3. The summed E-state index contributed by atoms with van der Waals surface area (Å²) in [5, 5.41) is 15.8. The fraction of sp³-hybridized carbons (Fsp3) is 0.632. The molecule has 2 fully saturated rings. The van der Waals surface area contributed by atoms with E-state index in [0.717, 1.165) is 84.1 Å². The van der Waals surface area contributed by atoms with Gasteiger partial charge < -0.3 is 13.9 Å². The maximum absolute atomic E-state index is 6.82. The average Bonchev–Trinajstić information content (AvgIpc) is 3.68. The lowest BCUT2D eigenvalue weighted by Gasteiger charge is -2.37. The topological polar surface area (TPSA) is 97.3 Å². The maximum Gasteiger partial charge on any atom is 0.221 e. The first kappa shape index (κ1) is 38.1. The molecule has 51 heavy (non-hydrogen) atoms. The van der Waals surface area contributed by atoms with Gasteiger partial charge in [0.25, 0.3) is 0 Å². The highest BCUT2D eigenvalue weighted by atomic mass is 127. The summed E-state index contributed by atoms with van der Waals surface area (Å²) < 4.78 is 26.8. The summed E-state index contributed by atoms with van der Waals surface area (Å²) in [7, 11) is 0.0832. The lowest BCUT2D eigenvalue weighted by Crippen LogP contribution is -2.42. The zero-order valence-corrected chi connectivity index (χ0v) is 35.5. The van der Waals surface area contributed by atoms with E-state index >= 15 is 0 Å². The number of halogens is 1. The van der Waals surface area contributed by atoms with E-state index in [2.05, 4.69) is 99.5 Å². The summed E-state index contributed by atoms with van der Waals surface area (Å²) in [5.41, 5.74) is 6.57. The van der Waals surface area contributed by atoms with Gasteiger partial charge in [-0.1, -0.05) is 27.4 Å². The number of fused-ring (bicyclic) bond motifs is 1. The first-order valence-corrected chi connectivity index (χ1v) is 22.5. The lowest BCUT2D eigenvalue weighted by molar-refractivity contribution is -0.0368. The van der Waals surface area contributed by atoms with Gasteiger partial charge in [-0.05, 0) is 113 Å². The van der Waals surface area contributed by atoms with Gasteiger partial charge in [0.05, 0.1) is 62.0 Å². The van der Waals surface area contributed by atoms with Crippen LogP contribution in [0.3, 0.4) is 0 Å². The molecular weight excluding hydrogens is 771 g/mol. The van der Waals surface area contributed by atoms with Crippen molar-refractivity contribution < 1.29 is 13.9 Å². The predicted octanol–water partition coefficient (Wildman–Crippen LogP) is 8.61. The summed E-state index contributed by atoms with van der Waals surface area (Å²) in [4.78, 5) is 7.70. The molecular formula is C38H57IN8O3Si. The number of rotatable bonds is 14. The minimum absolute atomic E-state index is 0.0867. The molecule has 4 aromatic rings. The van der Waals surface area contributed by atoms with Crippen molar-refractivity contribution in [3.05, 3.63) is 45.2 Å². The van der Waals surface area contributed by atoms with Crippen molar-refractivity contribution in [2.24, 2.45) is 7.05 Å². The van der Waals surface area contributed by atoms with Gasteiger partial charge in [0.15, 0.2) is 14.5 Å². The molecule has 2 aliphatic rings. The fourth-order valence-electron chi connectivity index (χ4n) is 6.88. The quantitative estimate of drug-likeness (QED) is 0.0922. The third-order valence-electron chi connectivity index (χ3n) is 10.9. The van der Waals surface area contributed by atoms with Gasteiger partial charge in [-0.3, -0.25) is 14.6 Å². The molecule has 1 aliphatic heterocycles. The molecule has 4 aromatic heterocycles. The van der Waals surface area contributed by atoms with E-state index in [0.29, 0.717) is 12.6 Å². The van der Waals surface area contributed by atoms with E-state index in [1.165, 1.54) is 22.1 Å². The van der Waals surface area contributed by atoms with Crippen LogP contribution in [0.25, 0.3) is 28.2 Å².